The SMILES string of the molecule is CCn1c(-c2cnccc2COC)c2c3cc(ccc31)-c1cc(O)cc(c1)C[C@H](NC(=O)C(C(C)C)N(C)C(=O)C1CCN(C)CC1)C(=O)N1CCC[C@H](N1)C(=O)OCC(C)(C)C2. The first-order valence-corrected chi connectivity index (χ1v) is 22.5. The number of aromatic nitrogens is 2. The molecule has 14 nitrogen and oxygen atoms in total. The molecule has 6 bridgehead atoms. The maximum Gasteiger partial charge on any atom is 0.324 e. The summed E-state index contributed by atoms with van der Waals surface area (Å²) in [5, 5.41) is 16.8. The Morgan fingerprint density at radius 2 is 1.83 bits per heavy atom. The highest BCUT2D eigenvalue weighted by Gasteiger charge is 2.39. The van der Waals surface area contributed by atoms with E-state index in [4.69, 9.17) is 9.47 Å². The number of pyridine rings is 1. The van der Waals surface area contributed by atoms with Gasteiger partial charge in [0, 0.05) is 73.9 Å². The van der Waals surface area contributed by atoms with Crippen LogP contribution in [0.2, 0.25) is 0 Å². The van der Waals surface area contributed by atoms with Crippen molar-refractivity contribution >= 4 is 34.6 Å². The highest BCUT2D eigenvalue weighted by Crippen LogP contribution is 2.41. The second-order valence-corrected chi connectivity index (χ2v) is 18.9. The highest BCUT2D eigenvalue weighted by atomic mass is 16.5. The second-order valence-electron chi connectivity index (χ2n) is 18.9. The number of phenols is 1. The zero-order chi connectivity index (χ0) is 45.2. The molecular formula is C49H65N7O7. The second kappa shape index (κ2) is 19.2. The van der Waals surface area contributed by atoms with Crippen LogP contribution in [0.25, 0.3) is 33.3 Å². The number of phenolic OH excluding ortho intramolecular Hbond substituents is 1. The van der Waals surface area contributed by atoms with Crippen molar-refractivity contribution in [1.29, 1.82) is 0 Å². The first-order chi connectivity index (χ1) is 30.1. The average Bonchev–Trinajstić information content (AvgIpc) is 3.56. The topological polar surface area (TPSA) is 159 Å². The fourth-order valence-corrected chi connectivity index (χ4v) is 9.79. The van der Waals surface area contributed by atoms with E-state index in [1.54, 1.807) is 37.4 Å². The zero-order valence-electron chi connectivity index (χ0n) is 38.2. The molecule has 3 amide bonds. The summed E-state index contributed by atoms with van der Waals surface area (Å²) in [5.74, 6) is -1.83. The Kier molecular flexibility index (Phi) is 13.9. The van der Waals surface area contributed by atoms with Gasteiger partial charge in [-0.15, -0.1) is 0 Å². The quantitative estimate of drug-likeness (QED) is 0.178. The van der Waals surface area contributed by atoms with Gasteiger partial charge < -0.3 is 34.3 Å². The van der Waals surface area contributed by atoms with Crippen LogP contribution in [-0.2, 0) is 54.6 Å². The summed E-state index contributed by atoms with van der Waals surface area (Å²) >= 11 is 0. The number of amides is 3. The number of likely N-dealkylation sites (N-methyl/N-ethyl adjacent to an activating group) is 1. The van der Waals surface area contributed by atoms with E-state index >= 15 is 0 Å². The molecular weight excluding hydrogens is 799 g/mol. The number of aryl methyl sites for hydroxylation is 1. The predicted octanol–water partition coefficient (Wildman–Crippen LogP) is 5.72. The Hall–Kier alpha value is -5.31. The largest absolute Gasteiger partial charge is 0.508 e. The summed E-state index contributed by atoms with van der Waals surface area (Å²) in [5.41, 5.74) is 9.95. The van der Waals surface area contributed by atoms with Crippen molar-refractivity contribution < 1.29 is 33.8 Å². The molecule has 3 N–H and O–H groups in total. The lowest BCUT2D eigenvalue weighted by Crippen LogP contribution is -2.62. The van der Waals surface area contributed by atoms with Gasteiger partial charge in [0.2, 0.25) is 11.8 Å². The molecule has 2 fully saturated rings. The number of carbonyl (C=O) groups excluding carboxylic acids is 4. The van der Waals surface area contributed by atoms with Crippen LogP contribution in [-0.4, -0.2) is 119 Å². The fourth-order valence-electron chi connectivity index (χ4n) is 9.79. The number of esters is 1. The molecule has 5 heterocycles. The number of cyclic esters (lactones) is 1. The number of rotatable bonds is 9. The monoisotopic (exact) mass is 863 g/mol. The van der Waals surface area contributed by atoms with E-state index in [1.807, 2.05) is 45.3 Å². The lowest BCUT2D eigenvalue weighted by molar-refractivity contribution is -0.155. The molecule has 3 aliphatic heterocycles. The molecule has 2 saturated heterocycles. The fraction of sp³-hybridized carbons (Fsp3) is 0.531. The molecule has 63 heavy (non-hydrogen) atoms. The third-order valence-corrected chi connectivity index (χ3v) is 13.0. The van der Waals surface area contributed by atoms with Crippen molar-refractivity contribution in [3.8, 4) is 28.1 Å². The van der Waals surface area contributed by atoms with E-state index in [0.29, 0.717) is 57.4 Å². The van der Waals surface area contributed by atoms with Crippen molar-refractivity contribution in [1.82, 2.24) is 35.1 Å². The Balaban J connectivity index is 1.32. The highest BCUT2D eigenvalue weighted by molar-refractivity contribution is 5.96. The molecule has 338 valence electrons. The minimum Gasteiger partial charge on any atom is -0.508 e. The van der Waals surface area contributed by atoms with Gasteiger partial charge in [0.05, 0.1) is 18.9 Å². The molecule has 14 heteroatoms. The number of methoxy groups -OCH3 is 1. The third kappa shape index (κ3) is 9.93. The zero-order valence-corrected chi connectivity index (χ0v) is 38.2. The van der Waals surface area contributed by atoms with Gasteiger partial charge in [-0.2, -0.15) is 0 Å². The summed E-state index contributed by atoms with van der Waals surface area (Å²) in [7, 11) is 5.40. The summed E-state index contributed by atoms with van der Waals surface area (Å²) in [4.78, 5) is 65.1. The molecule has 0 radical (unpaired) electrons. The van der Waals surface area contributed by atoms with E-state index in [9.17, 15) is 24.3 Å². The number of benzene rings is 2. The molecule has 3 atom stereocenters. The Morgan fingerprint density at radius 3 is 2.54 bits per heavy atom. The van der Waals surface area contributed by atoms with E-state index in [-0.39, 0.29) is 36.5 Å². The van der Waals surface area contributed by atoms with Crippen molar-refractivity contribution in [2.75, 3.05) is 47.4 Å². The first kappa shape index (κ1) is 45.7. The molecule has 3 aliphatic rings. The predicted molar refractivity (Wildman–Crippen MR) is 242 cm³/mol. The van der Waals surface area contributed by atoms with Crippen molar-refractivity contribution in [3.63, 3.8) is 0 Å². The van der Waals surface area contributed by atoms with E-state index in [1.165, 1.54) is 5.01 Å². The maximum absolute atomic E-state index is 14.7. The molecule has 1 unspecified atom stereocenters. The maximum atomic E-state index is 14.7. The summed E-state index contributed by atoms with van der Waals surface area (Å²) in [6.07, 6.45) is 6.70. The van der Waals surface area contributed by atoms with E-state index in [0.717, 1.165) is 57.5 Å². The number of hydrogen-bond donors (Lipinski definition) is 3. The van der Waals surface area contributed by atoms with Crippen molar-refractivity contribution in [3.05, 3.63) is 71.5 Å². The molecule has 0 saturated carbocycles. The van der Waals surface area contributed by atoms with Gasteiger partial charge in [-0.1, -0.05) is 39.8 Å². The number of ether oxygens (including phenoxy) is 2. The van der Waals surface area contributed by atoms with Crippen LogP contribution in [0.3, 0.4) is 0 Å². The van der Waals surface area contributed by atoms with Crippen LogP contribution in [0, 0.1) is 17.3 Å². The van der Waals surface area contributed by atoms with E-state index in [2.05, 4.69) is 58.1 Å². The number of aromatic hydroxyl groups is 1. The number of fused-ring (bicyclic) bond motifs is 6. The molecule has 2 aromatic heterocycles. The molecule has 0 spiro atoms. The van der Waals surface area contributed by atoms with Gasteiger partial charge in [0.25, 0.3) is 5.91 Å². The smallest absolute Gasteiger partial charge is 0.324 e. The van der Waals surface area contributed by atoms with Crippen LogP contribution in [0.5, 0.6) is 5.75 Å². The Labute approximate surface area is 371 Å². The van der Waals surface area contributed by atoms with Gasteiger partial charge >= 0.3 is 5.97 Å². The van der Waals surface area contributed by atoms with Crippen LogP contribution in [0.1, 0.15) is 77.0 Å². The number of likely N-dealkylation sites (tertiary alicyclic amines) is 1. The Morgan fingerprint density at radius 1 is 1.06 bits per heavy atom. The minimum atomic E-state index is -1.10. The van der Waals surface area contributed by atoms with Gasteiger partial charge in [0.15, 0.2) is 0 Å². The number of nitrogens with one attached hydrogen (secondary N) is 2. The van der Waals surface area contributed by atoms with Crippen LogP contribution < -0.4 is 10.7 Å². The van der Waals surface area contributed by atoms with Gasteiger partial charge in [-0.3, -0.25) is 29.2 Å². The van der Waals surface area contributed by atoms with Gasteiger partial charge in [-0.05, 0) is 123 Å². The number of carbonyl (C=O) groups is 4. The molecule has 2 aromatic carbocycles. The number of hydrazine groups is 1. The van der Waals surface area contributed by atoms with Crippen LogP contribution in [0.4, 0.5) is 0 Å². The first-order valence-electron chi connectivity index (χ1n) is 22.5. The van der Waals surface area contributed by atoms with Crippen molar-refractivity contribution in [2.24, 2.45) is 17.3 Å². The lowest BCUT2D eigenvalue weighted by Gasteiger charge is -2.38. The summed E-state index contributed by atoms with van der Waals surface area (Å²) < 4.78 is 14.0. The number of piperidine rings is 1. The molecule has 4 aromatic rings. The molecule has 7 rings (SSSR count). The average molecular weight is 864 g/mol. The lowest BCUT2D eigenvalue weighted by atomic mass is 9.84. The summed E-state index contributed by atoms with van der Waals surface area (Å²) in [6.45, 7) is 13.2. The normalized spacial score (nSPS) is 20.6. The summed E-state index contributed by atoms with van der Waals surface area (Å²) in [6, 6.07) is 10.8. The number of hydrogen-bond acceptors (Lipinski definition) is 10. The standard InChI is InChI=1S/C49H65N7O7/c1-9-55-42-13-12-33-25-37(42)38(44(55)39-27-50-17-14-34(39)28-62-8)26-49(4,5)29-63-48(61)40-11-10-18-56(52-40)47(60)41(23-31-21-35(33)24-36(57)22-31)51-45(58)43(30(2)3)54(7)46(59)32-15-19-53(6)20-16-32/h12-14,17,21-22,24-25,27,30,32,40-41,43,52,57H,9-11,15-16,18-20,23,26,28-29H2,1-8H3,(H,51,58)/t40-,41-,43?/m0/s1. The van der Waals surface area contributed by atoms with Crippen molar-refractivity contribution in [2.45, 2.75) is 104 Å². The van der Waals surface area contributed by atoms with Crippen LogP contribution >= 0.6 is 0 Å². The van der Waals surface area contributed by atoms with Gasteiger partial charge in [-0.25, -0.2) is 5.43 Å². The molecule has 0 aliphatic carbocycles. The number of nitrogens with zero attached hydrogens (tertiary/aromatic N) is 5. The van der Waals surface area contributed by atoms with Gasteiger partial charge in [0.1, 0.15) is 23.9 Å². The van der Waals surface area contributed by atoms with E-state index < -0.39 is 41.3 Å². The minimum absolute atomic E-state index is 0.0182. The Bertz CT molecular complexity index is 2330. The third-order valence-electron chi connectivity index (χ3n) is 13.0. The van der Waals surface area contributed by atoms with Crippen LogP contribution in [0.15, 0.2) is 54.9 Å².